The number of thiophene rings is 1. The van der Waals surface area contributed by atoms with Crippen LogP contribution in [0, 0.1) is 17.1 Å². The lowest BCUT2D eigenvalue weighted by Gasteiger charge is -2.14. The zero-order valence-corrected chi connectivity index (χ0v) is 15.8. The van der Waals surface area contributed by atoms with Crippen LogP contribution in [-0.2, 0) is 12.8 Å². The molecule has 2 aromatic heterocycles. The molecule has 0 saturated heterocycles. The first-order valence-corrected chi connectivity index (χ1v) is 10.2. The van der Waals surface area contributed by atoms with Crippen LogP contribution < -0.4 is 5.56 Å². The molecule has 0 N–H and O–H groups in total. The van der Waals surface area contributed by atoms with Crippen molar-refractivity contribution in [2.45, 2.75) is 43.0 Å². The third-order valence-corrected chi connectivity index (χ3v) is 6.64. The Morgan fingerprint density at radius 3 is 2.88 bits per heavy atom. The van der Waals surface area contributed by atoms with Gasteiger partial charge in [0, 0.05) is 4.88 Å². The molecule has 4 nitrogen and oxygen atoms in total. The molecule has 1 aliphatic rings. The summed E-state index contributed by atoms with van der Waals surface area (Å²) in [5, 5.41) is 9.75. The Kier molecular flexibility index (Phi) is 4.55. The van der Waals surface area contributed by atoms with E-state index in [9.17, 15) is 9.18 Å². The minimum Gasteiger partial charge on any atom is -0.268 e. The number of thioether (sulfide) groups is 1. The highest BCUT2D eigenvalue weighted by molar-refractivity contribution is 8.00. The van der Waals surface area contributed by atoms with Gasteiger partial charge in [-0.1, -0.05) is 23.9 Å². The average Bonchev–Trinajstić information content (AvgIpc) is 3.01. The summed E-state index contributed by atoms with van der Waals surface area (Å²) in [6, 6.07) is 8.33. The van der Waals surface area contributed by atoms with Crippen molar-refractivity contribution in [3.05, 3.63) is 50.9 Å². The summed E-state index contributed by atoms with van der Waals surface area (Å²) in [7, 11) is 0. The van der Waals surface area contributed by atoms with E-state index < -0.39 is 11.1 Å². The van der Waals surface area contributed by atoms with Gasteiger partial charge in [0.25, 0.3) is 5.56 Å². The number of fused-ring (bicyclic) bond motifs is 3. The van der Waals surface area contributed by atoms with Crippen LogP contribution in [0.4, 0.5) is 4.39 Å². The van der Waals surface area contributed by atoms with Gasteiger partial charge < -0.3 is 0 Å². The van der Waals surface area contributed by atoms with Crippen molar-refractivity contribution in [3.63, 3.8) is 0 Å². The first-order valence-electron chi connectivity index (χ1n) is 8.48. The van der Waals surface area contributed by atoms with E-state index in [4.69, 9.17) is 5.26 Å². The van der Waals surface area contributed by atoms with Gasteiger partial charge in [-0.15, -0.1) is 11.3 Å². The van der Waals surface area contributed by atoms with Gasteiger partial charge in [0.2, 0.25) is 0 Å². The Morgan fingerprint density at radius 2 is 2.12 bits per heavy atom. The fourth-order valence-corrected chi connectivity index (χ4v) is 5.40. The van der Waals surface area contributed by atoms with Gasteiger partial charge in [-0.2, -0.15) is 5.26 Å². The van der Waals surface area contributed by atoms with Gasteiger partial charge in [0.1, 0.15) is 10.6 Å². The molecule has 0 amide bonds. The van der Waals surface area contributed by atoms with Gasteiger partial charge in [-0.05, 0) is 50.3 Å². The fourth-order valence-electron chi connectivity index (χ4n) is 3.30. The lowest BCUT2D eigenvalue weighted by Crippen LogP contribution is -2.23. The summed E-state index contributed by atoms with van der Waals surface area (Å²) in [5.74, 6) is -0.480. The Hall–Kier alpha value is -2.17. The highest BCUT2D eigenvalue weighted by atomic mass is 32.2. The lowest BCUT2D eigenvalue weighted by atomic mass is 9.97. The molecule has 1 unspecified atom stereocenters. The van der Waals surface area contributed by atoms with E-state index in [0.29, 0.717) is 15.4 Å². The van der Waals surface area contributed by atoms with Crippen LogP contribution in [0.3, 0.4) is 0 Å². The van der Waals surface area contributed by atoms with Gasteiger partial charge >= 0.3 is 0 Å². The van der Waals surface area contributed by atoms with Crippen molar-refractivity contribution in [1.82, 2.24) is 9.55 Å². The minimum absolute atomic E-state index is 0.176. The number of hydrogen-bond donors (Lipinski definition) is 0. The standard InChI is InChI=1S/C19H16FN3OS2/c1-11(10-21)25-19-22-17-16(12-6-2-5-9-15(12)26-17)18(24)23(19)14-8-4-3-7-13(14)20/h3-4,7-8,11H,2,5-6,9H2,1H3. The maximum absolute atomic E-state index is 14.5. The Morgan fingerprint density at radius 1 is 1.35 bits per heavy atom. The van der Waals surface area contributed by atoms with Crippen LogP contribution in [-0.4, -0.2) is 14.8 Å². The predicted molar refractivity (Wildman–Crippen MR) is 103 cm³/mol. The summed E-state index contributed by atoms with van der Waals surface area (Å²) in [6.45, 7) is 1.74. The van der Waals surface area contributed by atoms with Crippen molar-refractivity contribution in [2.24, 2.45) is 0 Å². The number of aryl methyl sites for hydroxylation is 2. The molecule has 26 heavy (non-hydrogen) atoms. The van der Waals surface area contributed by atoms with Crippen molar-refractivity contribution in [1.29, 1.82) is 5.26 Å². The molecular formula is C19H16FN3OS2. The molecule has 132 valence electrons. The topological polar surface area (TPSA) is 58.7 Å². The van der Waals surface area contributed by atoms with E-state index in [1.54, 1.807) is 36.5 Å². The molecule has 1 aromatic carbocycles. The van der Waals surface area contributed by atoms with E-state index in [1.807, 2.05) is 0 Å². The van der Waals surface area contributed by atoms with Crippen molar-refractivity contribution >= 4 is 33.3 Å². The highest BCUT2D eigenvalue weighted by Gasteiger charge is 2.24. The molecule has 4 rings (SSSR count). The maximum Gasteiger partial charge on any atom is 0.267 e. The summed E-state index contributed by atoms with van der Waals surface area (Å²) < 4.78 is 15.8. The van der Waals surface area contributed by atoms with Crippen LogP contribution in [0.1, 0.15) is 30.2 Å². The summed E-state index contributed by atoms with van der Waals surface area (Å²) in [6.07, 6.45) is 4.01. The molecule has 0 spiro atoms. The molecule has 2 heterocycles. The van der Waals surface area contributed by atoms with Gasteiger partial charge in [0.15, 0.2) is 5.16 Å². The van der Waals surface area contributed by atoms with E-state index >= 15 is 0 Å². The maximum atomic E-state index is 14.5. The number of nitrogens with zero attached hydrogens (tertiary/aromatic N) is 3. The fraction of sp³-hybridized carbons (Fsp3) is 0.316. The smallest absolute Gasteiger partial charge is 0.267 e. The van der Waals surface area contributed by atoms with Crippen LogP contribution in [0.5, 0.6) is 0 Å². The number of benzene rings is 1. The molecule has 1 atom stereocenters. The lowest BCUT2D eigenvalue weighted by molar-refractivity contribution is 0.608. The monoisotopic (exact) mass is 385 g/mol. The number of rotatable bonds is 3. The van der Waals surface area contributed by atoms with Crippen molar-refractivity contribution in [2.75, 3.05) is 0 Å². The van der Waals surface area contributed by atoms with E-state index in [0.717, 1.165) is 31.2 Å². The zero-order valence-electron chi connectivity index (χ0n) is 14.2. The number of nitriles is 1. The minimum atomic E-state index is -0.480. The predicted octanol–water partition coefficient (Wildman–Crippen LogP) is 4.47. The molecular weight excluding hydrogens is 369 g/mol. The third-order valence-electron chi connectivity index (χ3n) is 4.52. The number of para-hydroxylation sites is 1. The first kappa shape index (κ1) is 17.3. The van der Waals surface area contributed by atoms with Gasteiger partial charge in [0.05, 0.1) is 22.4 Å². The quantitative estimate of drug-likeness (QED) is 0.493. The van der Waals surface area contributed by atoms with Crippen molar-refractivity contribution < 1.29 is 4.39 Å². The Balaban J connectivity index is 2.05. The molecule has 0 radical (unpaired) electrons. The molecule has 0 fully saturated rings. The van der Waals surface area contributed by atoms with Crippen LogP contribution in [0.25, 0.3) is 15.9 Å². The molecule has 0 bridgehead atoms. The number of hydrogen-bond acceptors (Lipinski definition) is 5. The third kappa shape index (κ3) is 2.83. The number of aromatic nitrogens is 2. The average molecular weight is 385 g/mol. The van der Waals surface area contributed by atoms with Gasteiger partial charge in [-0.3, -0.25) is 9.36 Å². The van der Waals surface area contributed by atoms with E-state index in [1.165, 1.54) is 27.3 Å². The molecule has 0 saturated carbocycles. The van der Waals surface area contributed by atoms with Crippen LogP contribution >= 0.6 is 23.1 Å². The second-order valence-electron chi connectivity index (χ2n) is 6.27. The molecule has 0 aliphatic heterocycles. The normalized spacial score (nSPS) is 14.8. The van der Waals surface area contributed by atoms with Crippen LogP contribution in [0.15, 0.2) is 34.2 Å². The molecule has 3 aromatic rings. The molecule has 7 heteroatoms. The molecule has 1 aliphatic carbocycles. The largest absolute Gasteiger partial charge is 0.268 e. The summed E-state index contributed by atoms with van der Waals surface area (Å²) in [5.41, 5.74) is 1.01. The SMILES string of the molecule is CC(C#N)Sc1nc2sc3c(c2c(=O)n1-c1ccccc1F)CCCC3. The van der Waals surface area contributed by atoms with Crippen LogP contribution in [0.2, 0.25) is 0 Å². The summed E-state index contributed by atoms with van der Waals surface area (Å²) in [4.78, 5) is 20.0. The van der Waals surface area contributed by atoms with Crippen molar-refractivity contribution in [3.8, 4) is 11.8 Å². The highest BCUT2D eigenvalue weighted by Crippen LogP contribution is 2.35. The second-order valence-corrected chi connectivity index (χ2v) is 8.66. The second kappa shape index (κ2) is 6.86. The Bertz CT molecular complexity index is 1100. The van der Waals surface area contributed by atoms with E-state index in [-0.39, 0.29) is 11.2 Å². The first-order chi connectivity index (χ1) is 12.6. The van der Waals surface area contributed by atoms with E-state index in [2.05, 4.69) is 11.1 Å². The Labute approximate surface area is 158 Å². The number of halogens is 1. The zero-order chi connectivity index (χ0) is 18.3. The summed E-state index contributed by atoms with van der Waals surface area (Å²) >= 11 is 2.74. The van der Waals surface area contributed by atoms with Gasteiger partial charge in [-0.25, -0.2) is 9.37 Å².